The highest BCUT2D eigenvalue weighted by molar-refractivity contribution is 7.99. The molecule has 5 nitrogen and oxygen atoms in total. The summed E-state index contributed by atoms with van der Waals surface area (Å²) in [7, 11) is 1.66. The molecule has 0 unspecified atom stereocenters. The van der Waals surface area contributed by atoms with Crippen molar-refractivity contribution in [1.29, 1.82) is 0 Å². The van der Waals surface area contributed by atoms with Gasteiger partial charge < -0.3 is 5.32 Å². The summed E-state index contributed by atoms with van der Waals surface area (Å²) in [6.45, 7) is 0. The van der Waals surface area contributed by atoms with Crippen molar-refractivity contribution in [2.45, 2.75) is 5.16 Å². The minimum atomic E-state index is -0.269. The number of anilines is 1. The third-order valence-corrected chi connectivity index (χ3v) is 7.27. The number of benzene rings is 2. The van der Waals surface area contributed by atoms with Gasteiger partial charge in [0.05, 0.1) is 26.9 Å². The minimum Gasteiger partial charge on any atom is -0.324 e. The van der Waals surface area contributed by atoms with Crippen LogP contribution in [0.5, 0.6) is 0 Å². The van der Waals surface area contributed by atoms with E-state index >= 15 is 0 Å². The number of nitrogens with zero attached hydrogens (tertiary/aromatic N) is 2. The second kappa shape index (κ2) is 8.81. The zero-order chi connectivity index (χ0) is 21.3. The van der Waals surface area contributed by atoms with E-state index in [0.717, 1.165) is 10.4 Å². The Balaban J connectivity index is 1.55. The van der Waals surface area contributed by atoms with Gasteiger partial charge in [0, 0.05) is 11.9 Å². The molecule has 2 heterocycles. The molecular formula is C21H15Cl2N3O2S2. The summed E-state index contributed by atoms with van der Waals surface area (Å²) >= 11 is 14.7. The van der Waals surface area contributed by atoms with E-state index in [9.17, 15) is 9.59 Å². The van der Waals surface area contributed by atoms with E-state index in [1.165, 1.54) is 27.7 Å². The fourth-order valence-corrected chi connectivity index (χ4v) is 5.04. The molecule has 0 spiro atoms. The minimum absolute atomic E-state index is 0.0749. The highest BCUT2D eigenvalue weighted by atomic mass is 35.5. The summed E-state index contributed by atoms with van der Waals surface area (Å²) in [6, 6.07) is 16.7. The number of carbonyl (C=O) groups excluding carboxylic acids is 1. The maximum absolute atomic E-state index is 12.8. The van der Waals surface area contributed by atoms with E-state index in [-0.39, 0.29) is 22.2 Å². The van der Waals surface area contributed by atoms with Gasteiger partial charge in [-0.05, 0) is 23.8 Å². The second-order valence-corrected chi connectivity index (χ2v) is 9.15. The molecule has 30 heavy (non-hydrogen) atoms. The number of aromatic nitrogens is 2. The summed E-state index contributed by atoms with van der Waals surface area (Å²) in [5, 5.41) is 4.43. The van der Waals surface area contributed by atoms with Gasteiger partial charge in [-0.2, -0.15) is 0 Å². The molecule has 0 saturated heterocycles. The van der Waals surface area contributed by atoms with Crippen LogP contribution in [0.4, 0.5) is 5.69 Å². The molecular weight excluding hydrogens is 461 g/mol. The lowest BCUT2D eigenvalue weighted by Crippen LogP contribution is -2.20. The number of halogens is 2. The van der Waals surface area contributed by atoms with Gasteiger partial charge in [-0.3, -0.25) is 14.2 Å². The number of rotatable bonds is 5. The van der Waals surface area contributed by atoms with Gasteiger partial charge in [0.2, 0.25) is 5.91 Å². The Bertz CT molecular complexity index is 1300. The van der Waals surface area contributed by atoms with Crippen molar-refractivity contribution in [3.63, 3.8) is 0 Å². The smallest absolute Gasteiger partial charge is 0.262 e. The molecule has 152 valence electrons. The van der Waals surface area contributed by atoms with Crippen LogP contribution in [0.2, 0.25) is 10.0 Å². The number of hydrogen-bond acceptors (Lipinski definition) is 5. The number of fused-ring (bicyclic) bond motifs is 1. The Kier molecular flexibility index (Phi) is 6.15. The summed E-state index contributed by atoms with van der Waals surface area (Å²) < 4.78 is 1.47. The van der Waals surface area contributed by atoms with Crippen molar-refractivity contribution in [2.24, 2.45) is 7.05 Å². The molecule has 4 aromatic rings. The normalized spacial score (nSPS) is 11.0. The number of thiophene rings is 1. The summed E-state index contributed by atoms with van der Waals surface area (Å²) in [5.74, 6) is -0.194. The SMILES string of the molecule is Cn1c(SCC(=O)Nc2cccc(Cl)c2Cl)nc2sc(-c3ccccc3)cc2c1=O. The zero-order valence-electron chi connectivity index (χ0n) is 15.7. The number of nitrogens with one attached hydrogen (secondary N) is 1. The summed E-state index contributed by atoms with van der Waals surface area (Å²) in [5.41, 5.74) is 1.34. The average Bonchev–Trinajstić information content (AvgIpc) is 3.18. The molecule has 2 aromatic heterocycles. The predicted octanol–water partition coefficient (Wildman–Crippen LogP) is 5.70. The number of carbonyl (C=O) groups is 1. The van der Waals surface area contributed by atoms with Gasteiger partial charge in [0.15, 0.2) is 5.16 Å². The number of amides is 1. The molecule has 1 N–H and O–H groups in total. The van der Waals surface area contributed by atoms with Crippen molar-refractivity contribution in [1.82, 2.24) is 9.55 Å². The topological polar surface area (TPSA) is 64.0 Å². The van der Waals surface area contributed by atoms with Crippen LogP contribution in [-0.2, 0) is 11.8 Å². The van der Waals surface area contributed by atoms with E-state index in [1.807, 2.05) is 36.4 Å². The fourth-order valence-electron chi connectivity index (χ4n) is 2.84. The summed E-state index contributed by atoms with van der Waals surface area (Å²) in [4.78, 5) is 31.4. The first-order valence-corrected chi connectivity index (χ1v) is 11.4. The highest BCUT2D eigenvalue weighted by Crippen LogP contribution is 2.32. The van der Waals surface area contributed by atoms with Crippen LogP contribution in [0.3, 0.4) is 0 Å². The molecule has 0 aliphatic rings. The van der Waals surface area contributed by atoms with E-state index in [0.29, 0.717) is 26.1 Å². The van der Waals surface area contributed by atoms with Gasteiger partial charge in [-0.1, -0.05) is 71.4 Å². The summed E-state index contributed by atoms with van der Waals surface area (Å²) in [6.07, 6.45) is 0. The first-order chi connectivity index (χ1) is 14.4. The Hall–Kier alpha value is -2.32. The van der Waals surface area contributed by atoms with Gasteiger partial charge in [0.25, 0.3) is 5.56 Å². The lowest BCUT2D eigenvalue weighted by atomic mass is 10.2. The molecule has 0 atom stereocenters. The Morgan fingerprint density at radius 1 is 1.17 bits per heavy atom. The quantitative estimate of drug-likeness (QED) is 0.297. The molecule has 2 aromatic carbocycles. The molecule has 0 radical (unpaired) electrons. The first-order valence-electron chi connectivity index (χ1n) is 8.86. The largest absolute Gasteiger partial charge is 0.324 e. The monoisotopic (exact) mass is 475 g/mol. The van der Waals surface area contributed by atoms with Gasteiger partial charge >= 0.3 is 0 Å². The second-order valence-electron chi connectivity index (χ2n) is 6.39. The lowest BCUT2D eigenvalue weighted by molar-refractivity contribution is -0.113. The highest BCUT2D eigenvalue weighted by Gasteiger charge is 2.15. The molecule has 0 aliphatic heterocycles. The fraction of sp³-hybridized carbons (Fsp3) is 0.0952. The molecule has 0 bridgehead atoms. The van der Waals surface area contributed by atoms with Gasteiger partial charge in [-0.15, -0.1) is 11.3 Å². The maximum Gasteiger partial charge on any atom is 0.262 e. The van der Waals surface area contributed by atoms with Crippen LogP contribution in [-0.4, -0.2) is 21.2 Å². The van der Waals surface area contributed by atoms with Crippen LogP contribution in [0, 0.1) is 0 Å². The number of thioether (sulfide) groups is 1. The van der Waals surface area contributed by atoms with E-state index in [1.54, 1.807) is 25.2 Å². The van der Waals surface area contributed by atoms with E-state index in [4.69, 9.17) is 23.2 Å². The third kappa shape index (κ3) is 4.25. The first kappa shape index (κ1) is 20.9. The Morgan fingerprint density at radius 2 is 1.93 bits per heavy atom. The average molecular weight is 476 g/mol. The molecule has 9 heteroatoms. The van der Waals surface area contributed by atoms with Crippen molar-refractivity contribution in [3.8, 4) is 10.4 Å². The number of hydrogen-bond donors (Lipinski definition) is 1. The zero-order valence-corrected chi connectivity index (χ0v) is 18.8. The van der Waals surface area contributed by atoms with Crippen molar-refractivity contribution in [3.05, 3.63) is 75.0 Å². The van der Waals surface area contributed by atoms with Crippen molar-refractivity contribution in [2.75, 3.05) is 11.1 Å². The molecule has 0 saturated carbocycles. The van der Waals surface area contributed by atoms with Crippen LogP contribution in [0.25, 0.3) is 20.7 Å². The van der Waals surface area contributed by atoms with Crippen molar-refractivity contribution < 1.29 is 4.79 Å². The molecule has 1 amide bonds. The molecule has 0 fully saturated rings. The molecule has 4 rings (SSSR count). The molecule has 0 aliphatic carbocycles. The Labute approximate surface area is 190 Å². The van der Waals surface area contributed by atoms with Crippen molar-refractivity contribution >= 4 is 68.1 Å². The standard InChI is InChI=1S/C21H15Cl2N3O2S2/c1-26-20(28)13-10-16(12-6-3-2-4-7-12)30-19(13)25-21(26)29-11-17(27)24-15-9-5-8-14(22)18(15)23/h2-10H,11H2,1H3,(H,24,27). The van der Waals surface area contributed by atoms with Crippen LogP contribution >= 0.6 is 46.3 Å². The maximum atomic E-state index is 12.8. The van der Waals surface area contributed by atoms with Crippen LogP contribution in [0.15, 0.2) is 64.5 Å². The van der Waals surface area contributed by atoms with E-state index < -0.39 is 0 Å². The predicted molar refractivity (Wildman–Crippen MR) is 126 cm³/mol. The van der Waals surface area contributed by atoms with Gasteiger partial charge in [-0.25, -0.2) is 4.98 Å². The third-order valence-electron chi connectivity index (χ3n) is 4.35. The van der Waals surface area contributed by atoms with E-state index in [2.05, 4.69) is 10.3 Å². The van der Waals surface area contributed by atoms with Gasteiger partial charge in [0.1, 0.15) is 4.83 Å². The van der Waals surface area contributed by atoms with Crippen LogP contribution < -0.4 is 10.9 Å². The Morgan fingerprint density at radius 3 is 2.70 bits per heavy atom. The van der Waals surface area contributed by atoms with Crippen LogP contribution in [0.1, 0.15) is 0 Å². The lowest BCUT2D eigenvalue weighted by Gasteiger charge is -2.09.